The van der Waals surface area contributed by atoms with E-state index < -0.39 is 5.54 Å². The molecule has 25 heavy (non-hydrogen) atoms. The number of anilines is 1. The number of benzene rings is 1. The van der Waals surface area contributed by atoms with Gasteiger partial charge in [-0.1, -0.05) is 25.0 Å². The van der Waals surface area contributed by atoms with Crippen LogP contribution in [-0.4, -0.2) is 35.3 Å². The van der Waals surface area contributed by atoms with Crippen LogP contribution >= 0.6 is 0 Å². The lowest BCUT2D eigenvalue weighted by atomic mass is 9.74. The number of hydrogen-bond donors (Lipinski definition) is 2. The molecule has 0 aliphatic heterocycles. The summed E-state index contributed by atoms with van der Waals surface area (Å²) in [6, 6.07) is 7.53. The molecule has 138 valence electrons. The Morgan fingerprint density at radius 2 is 1.84 bits per heavy atom. The molecule has 0 heterocycles. The molecule has 1 aliphatic carbocycles. The Balaban J connectivity index is 1.96. The van der Waals surface area contributed by atoms with Gasteiger partial charge in [0.2, 0.25) is 11.8 Å². The van der Waals surface area contributed by atoms with Crippen LogP contribution in [0.5, 0.6) is 0 Å². The Hall–Kier alpha value is -1.88. The van der Waals surface area contributed by atoms with Crippen molar-refractivity contribution in [2.75, 3.05) is 18.4 Å². The van der Waals surface area contributed by atoms with Gasteiger partial charge in [-0.25, -0.2) is 0 Å². The second kappa shape index (κ2) is 8.48. The number of hydrogen-bond acceptors (Lipinski definition) is 3. The smallest absolute Gasteiger partial charge is 0.229 e. The first-order valence-electron chi connectivity index (χ1n) is 9.33. The molecule has 5 nitrogen and oxygen atoms in total. The Morgan fingerprint density at radius 1 is 1.20 bits per heavy atom. The molecule has 5 heteroatoms. The zero-order valence-electron chi connectivity index (χ0n) is 15.7. The van der Waals surface area contributed by atoms with E-state index in [1.165, 1.54) is 0 Å². The molecular formula is C20H31N3O2. The molecule has 0 radical (unpaired) electrons. The van der Waals surface area contributed by atoms with Crippen LogP contribution in [0.4, 0.5) is 5.69 Å². The minimum atomic E-state index is -0.432. The number of likely N-dealkylation sites (N-methyl/N-ethyl adjacent to an activating group) is 1. The van der Waals surface area contributed by atoms with Crippen molar-refractivity contribution in [1.82, 2.24) is 4.90 Å². The fraction of sp³-hybridized carbons (Fsp3) is 0.600. The highest BCUT2D eigenvalue weighted by molar-refractivity contribution is 5.93. The number of amides is 2. The van der Waals surface area contributed by atoms with Gasteiger partial charge in [0.05, 0.1) is 12.3 Å². The van der Waals surface area contributed by atoms with Crippen molar-refractivity contribution in [1.29, 1.82) is 0 Å². The Labute approximate surface area is 151 Å². The van der Waals surface area contributed by atoms with Crippen molar-refractivity contribution in [3.8, 4) is 0 Å². The summed E-state index contributed by atoms with van der Waals surface area (Å²) in [6.45, 7) is 7.39. The van der Waals surface area contributed by atoms with E-state index in [9.17, 15) is 9.59 Å². The van der Waals surface area contributed by atoms with Crippen LogP contribution in [0.3, 0.4) is 0 Å². The fourth-order valence-electron chi connectivity index (χ4n) is 3.59. The van der Waals surface area contributed by atoms with Crippen LogP contribution in [0.1, 0.15) is 52.0 Å². The molecular weight excluding hydrogens is 314 g/mol. The monoisotopic (exact) mass is 345 g/mol. The highest BCUT2D eigenvalue weighted by atomic mass is 16.2. The summed E-state index contributed by atoms with van der Waals surface area (Å²) >= 11 is 0. The van der Waals surface area contributed by atoms with Gasteiger partial charge in [-0.15, -0.1) is 0 Å². The summed E-state index contributed by atoms with van der Waals surface area (Å²) in [5, 5.41) is 2.98. The Morgan fingerprint density at radius 3 is 2.40 bits per heavy atom. The average molecular weight is 345 g/mol. The summed E-state index contributed by atoms with van der Waals surface area (Å²) < 4.78 is 0. The molecule has 0 aromatic heterocycles. The van der Waals surface area contributed by atoms with Crippen molar-refractivity contribution in [2.24, 2.45) is 11.7 Å². The zero-order chi connectivity index (χ0) is 18.4. The molecule has 0 bridgehead atoms. The van der Waals surface area contributed by atoms with Gasteiger partial charge in [0, 0.05) is 24.3 Å². The molecule has 0 saturated heterocycles. The number of carbonyl (C=O) groups is 2. The first kappa shape index (κ1) is 19.4. The molecule has 1 fully saturated rings. The third-order valence-electron chi connectivity index (χ3n) is 5.26. The van der Waals surface area contributed by atoms with E-state index in [0.29, 0.717) is 6.42 Å². The largest absolute Gasteiger partial charge is 0.343 e. The van der Waals surface area contributed by atoms with Gasteiger partial charge in [-0.05, 0) is 51.3 Å². The third kappa shape index (κ3) is 5.05. The van der Waals surface area contributed by atoms with Gasteiger partial charge in [-0.2, -0.15) is 0 Å². The van der Waals surface area contributed by atoms with E-state index >= 15 is 0 Å². The van der Waals surface area contributed by atoms with Gasteiger partial charge >= 0.3 is 0 Å². The normalized spacial score (nSPS) is 23.1. The van der Waals surface area contributed by atoms with Gasteiger partial charge in [-0.3, -0.25) is 9.59 Å². The molecule has 1 aromatic carbocycles. The molecule has 1 aromatic rings. The van der Waals surface area contributed by atoms with E-state index in [1.807, 2.05) is 49.9 Å². The van der Waals surface area contributed by atoms with E-state index in [1.54, 1.807) is 0 Å². The Kier molecular flexibility index (Phi) is 6.59. The van der Waals surface area contributed by atoms with Crippen molar-refractivity contribution < 1.29 is 9.59 Å². The van der Waals surface area contributed by atoms with Crippen molar-refractivity contribution in [2.45, 2.75) is 58.4 Å². The van der Waals surface area contributed by atoms with Crippen molar-refractivity contribution in [3.05, 3.63) is 29.8 Å². The molecule has 2 amide bonds. The van der Waals surface area contributed by atoms with E-state index in [2.05, 4.69) is 5.32 Å². The summed E-state index contributed by atoms with van der Waals surface area (Å²) in [5.74, 6) is -0.0234. The van der Waals surface area contributed by atoms with Gasteiger partial charge in [0.25, 0.3) is 0 Å². The highest BCUT2D eigenvalue weighted by Crippen LogP contribution is 2.32. The molecule has 1 aliphatic rings. The number of nitrogens with two attached hydrogens (primary N) is 1. The van der Waals surface area contributed by atoms with Gasteiger partial charge in [0.15, 0.2) is 0 Å². The van der Waals surface area contributed by atoms with Crippen LogP contribution in [0.25, 0.3) is 0 Å². The van der Waals surface area contributed by atoms with Gasteiger partial charge < -0.3 is 16.0 Å². The van der Waals surface area contributed by atoms with Crippen LogP contribution < -0.4 is 11.1 Å². The maximum absolute atomic E-state index is 12.6. The molecule has 2 unspecified atom stereocenters. The SMILES string of the molecule is CCN(CC)C(=O)Cc1ccc(NC(=O)C2CCCCC2(C)N)cc1. The van der Waals surface area contributed by atoms with Crippen LogP contribution in [0.15, 0.2) is 24.3 Å². The summed E-state index contributed by atoms with van der Waals surface area (Å²) in [4.78, 5) is 26.5. The molecule has 3 N–H and O–H groups in total. The second-order valence-electron chi connectivity index (χ2n) is 7.23. The van der Waals surface area contributed by atoms with Crippen LogP contribution in [0, 0.1) is 5.92 Å². The zero-order valence-corrected chi connectivity index (χ0v) is 15.7. The number of rotatable bonds is 6. The average Bonchev–Trinajstić information content (AvgIpc) is 2.57. The van der Waals surface area contributed by atoms with Crippen LogP contribution in [-0.2, 0) is 16.0 Å². The second-order valence-corrected chi connectivity index (χ2v) is 7.23. The van der Waals surface area contributed by atoms with Crippen molar-refractivity contribution >= 4 is 17.5 Å². The van der Waals surface area contributed by atoms with Crippen molar-refractivity contribution in [3.63, 3.8) is 0 Å². The first-order chi connectivity index (χ1) is 11.9. The molecule has 2 rings (SSSR count). The third-order valence-corrected chi connectivity index (χ3v) is 5.26. The lowest BCUT2D eigenvalue weighted by Crippen LogP contribution is -2.51. The van der Waals surface area contributed by atoms with E-state index in [-0.39, 0.29) is 17.7 Å². The quantitative estimate of drug-likeness (QED) is 0.832. The highest BCUT2D eigenvalue weighted by Gasteiger charge is 2.37. The molecule has 1 saturated carbocycles. The van der Waals surface area contributed by atoms with Crippen LogP contribution in [0.2, 0.25) is 0 Å². The number of nitrogens with one attached hydrogen (secondary N) is 1. The fourth-order valence-corrected chi connectivity index (χ4v) is 3.59. The lowest BCUT2D eigenvalue weighted by molar-refractivity contribution is -0.130. The summed E-state index contributed by atoms with van der Waals surface area (Å²) in [5.41, 5.74) is 7.58. The lowest BCUT2D eigenvalue weighted by Gasteiger charge is -2.37. The standard InChI is InChI=1S/C20H31N3O2/c1-4-23(5-2)18(24)14-15-9-11-16(12-10-15)22-19(25)17-8-6-7-13-20(17,3)21/h9-12,17H,4-8,13-14,21H2,1-3H3,(H,22,25). The number of nitrogens with zero attached hydrogens (tertiary/aromatic N) is 1. The van der Waals surface area contributed by atoms with Gasteiger partial charge in [0.1, 0.15) is 0 Å². The Bertz CT molecular complexity index is 591. The maximum atomic E-state index is 12.6. The first-order valence-corrected chi connectivity index (χ1v) is 9.33. The van der Waals surface area contributed by atoms with E-state index in [4.69, 9.17) is 5.73 Å². The predicted molar refractivity (Wildman–Crippen MR) is 101 cm³/mol. The maximum Gasteiger partial charge on any atom is 0.229 e. The van der Waals surface area contributed by atoms with E-state index in [0.717, 1.165) is 50.0 Å². The topological polar surface area (TPSA) is 75.4 Å². The summed E-state index contributed by atoms with van der Waals surface area (Å²) in [6.07, 6.45) is 4.26. The summed E-state index contributed by atoms with van der Waals surface area (Å²) in [7, 11) is 0. The molecule has 2 atom stereocenters. The minimum absolute atomic E-state index is 0.00309. The number of carbonyl (C=O) groups excluding carboxylic acids is 2. The minimum Gasteiger partial charge on any atom is -0.343 e. The predicted octanol–water partition coefficient (Wildman–Crippen LogP) is 2.94. The molecule has 0 spiro atoms.